The zero-order chi connectivity index (χ0) is 37.7. The van der Waals surface area contributed by atoms with Gasteiger partial charge in [0.2, 0.25) is 0 Å². The normalized spacial score (nSPS) is 11.5. The zero-order valence-corrected chi connectivity index (χ0v) is 31.1. The highest BCUT2D eigenvalue weighted by Crippen LogP contribution is 2.48. The van der Waals surface area contributed by atoms with E-state index in [4.69, 9.17) is 4.42 Å². The summed E-state index contributed by atoms with van der Waals surface area (Å²) in [6.07, 6.45) is 0. The minimum Gasteiger partial charge on any atom is -0.455 e. The predicted molar refractivity (Wildman–Crippen MR) is 239 cm³/mol. The van der Waals surface area contributed by atoms with Crippen molar-refractivity contribution < 1.29 is 4.42 Å². The topological polar surface area (TPSA) is 21.3 Å². The van der Waals surface area contributed by atoms with Crippen molar-refractivity contribution in [1.82, 2.24) is 4.57 Å². The Bertz CT molecular complexity index is 3160. The fourth-order valence-corrected chi connectivity index (χ4v) is 8.59. The second-order valence-corrected chi connectivity index (χ2v) is 14.5. The van der Waals surface area contributed by atoms with Crippen molar-refractivity contribution in [2.45, 2.75) is 0 Å². The molecule has 0 aliphatic heterocycles. The van der Waals surface area contributed by atoms with Gasteiger partial charge in [-0.2, -0.15) is 0 Å². The zero-order valence-electron chi connectivity index (χ0n) is 31.1. The third kappa shape index (κ3) is 5.51. The molecule has 0 atom stereocenters. The molecule has 11 rings (SSSR count). The third-order valence-corrected chi connectivity index (χ3v) is 11.2. The van der Waals surface area contributed by atoms with Crippen LogP contribution in [0.15, 0.2) is 223 Å². The van der Waals surface area contributed by atoms with Crippen molar-refractivity contribution in [3.8, 4) is 39.1 Å². The monoisotopic (exact) mass is 728 g/mol. The first-order valence-corrected chi connectivity index (χ1v) is 19.4. The lowest BCUT2D eigenvalue weighted by atomic mass is 9.97. The van der Waals surface area contributed by atoms with Gasteiger partial charge in [0.25, 0.3) is 0 Å². The standard InChI is InChI=1S/C54H36N2O/c1-3-15-37(16-4-1)38-27-29-39(30-28-38)43-19-7-11-23-48(43)56(41-17-5-2-6-18-41)51-36-35-44(54-53(51)47-22-10-14-26-52(47)57-54)40-31-33-42(34-32-40)55-49-24-12-8-20-45(49)46-21-9-13-25-50(46)55/h1-36H. The highest BCUT2D eigenvalue weighted by atomic mass is 16.3. The van der Waals surface area contributed by atoms with Crippen molar-refractivity contribution in [1.29, 1.82) is 0 Å². The molecule has 0 amide bonds. The van der Waals surface area contributed by atoms with Crippen LogP contribution >= 0.6 is 0 Å². The molecule has 0 aliphatic rings. The Labute approximate surface area is 330 Å². The maximum absolute atomic E-state index is 6.86. The molecule has 0 unspecified atom stereocenters. The van der Waals surface area contributed by atoms with E-state index in [-0.39, 0.29) is 0 Å². The van der Waals surface area contributed by atoms with E-state index in [1.165, 1.54) is 32.9 Å². The number of aromatic nitrogens is 1. The maximum Gasteiger partial charge on any atom is 0.145 e. The lowest BCUT2D eigenvalue weighted by molar-refractivity contribution is 0.670. The molecule has 0 saturated heterocycles. The van der Waals surface area contributed by atoms with Gasteiger partial charge in [0.05, 0.1) is 27.8 Å². The lowest BCUT2D eigenvalue weighted by Gasteiger charge is -2.29. The summed E-state index contributed by atoms with van der Waals surface area (Å²) in [6, 6.07) is 77.9. The maximum atomic E-state index is 6.86. The van der Waals surface area contributed by atoms with Gasteiger partial charge in [-0.3, -0.25) is 0 Å². The number of hydrogen-bond donors (Lipinski definition) is 0. The van der Waals surface area contributed by atoms with E-state index in [0.29, 0.717) is 0 Å². The van der Waals surface area contributed by atoms with E-state index < -0.39 is 0 Å². The quantitative estimate of drug-likeness (QED) is 0.163. The number of fused-ring (bicyclic) bond motifs is 6. The van der Waals surface area contributed by atoms with Crippen molar-refractivity contribution in [2.24, 2.45) is 0 Å². The molecule has 9 aromatic carbocycles. The first-order valence-electron chi connectivity index (χ1n) is 19.4. The molecule has 0 N–H and O–H groups in total. The van der Waals surface area contributed by atoms with E-state index >= 15 is 0 Å². The Morgan fingerprint density at radius 3 is 1.60 bits per heavy atom. The van der Waals surface area contributed by atoms with Crippen LogP contribution in [0, 0.1) is 0 Å². The summed E-state index contributed by atoms with van der Waals surface area (Å²) in [6.45, 7) is 0. The second kappa shape index (κ2) is 13.6. The molecule has 0 aliphatic carbocycles. The van der Waals surface area contributed by atoms with E-state index in [2.05, 4.69) is 222 Å². The molecule has 2 heterocycles. The molecule has 2 aromatic heterocycles. The number of benzene rings is 9. The number of hydrogen-bond acceptors (Lipinski definition) is 2. The summed E-state index contributed by atoms with van der Waals surface area (Å²) < 4.78 is 9.22. The minimum absolute atomic E-state index is 0.862. The van der Waals surface area contributed by atoms with Crippen LogP contribution in [0.25, 0.3) is 82.8 Å². The summed E-state index contributed by atoms with van der Waals surface area (Å²) in [7, 11) is 0. The lowest BCUT2D eigenvalue weighted by Crippen LogP contribution is -2.11. The predicted octanol–water partition coefficient (Wildman–Crippen LogP) is 15.2. The average molecular weight is 729 g/mol. The van der Waals surface area contributed by atoms with Crippen molar-refractivity contribution in [3.05, 3.63) is 218 Å². The van der Waals surface area contributed by atoms with Gasteiger partial charge in [-0.1, -0.05) is 158 Å². The molecule has 268 valence electrons. The van der Waals surface area contributed by atoms with Crippen LogP contribution in [-0.4, -0.2) is 4.57 Å². The highest BCUT2D eigenvalue weighted by molar-refractivity contribution is 6.17. The molecule has 0 saturated carbocycles. The molecule has 0 radical (unpaired) electrons. The molecule has 0 spiro atoms. The molecule has 11 aromatic rings. The van der Waals surface area contributed by atoms with Gasteiger partial charge < -0.3 is 13.9 Å². The van der Waals surface area contributed by atoms with E-state index in [1.807, 2.05) is 6.07 Å². The fraction of sp³-hybridized carbons (Fsp3) is 0. The summed E-state index contributed by atoms with van der Waals surface area (Å²) in [5.74, 6) is 0. The Kier molecular flexibility index (Phi) is 7.82. The number of para-hydroxylation sites is 5. The number of furan rings is 1. The van der Waals surface area contributed by atoms with Gasteiger partial charge in [0.15, 0.2) is 0 Å². The number of nitrogens with zero attached hydrogens (tertiary/aromatic N) is 2. The third-order valence-electron chi connectivity index (χ3n) is 11.2. The van der Waals surface area contributed by atoms with E-state index in [1.54, 1.807) is 0 Å². The molecule has 0 bridgehead atoms. The SMILES string of the molecule is c1ccc(-c2ccc(-c3ccccc3N(c3ccccc3)c3ccc(-c4ccc(-n5c6ccccc6c6ccccc65)cc4)c4oc5ccccc5c34)cc2)cc1. The smallest absolute Gasteiger partial charge is 0.145 e. The van der Waals surface area contributed by atoms with Crippen LogP contribution in [0.5, 0.6) is 0 Å². The van der Waals surface area contributed by atoms with Gasteiger partial charge >= 0.3 is 0 Å². The Morgan fingerprint density at radius 2 is 0.877 bits per heavy atom. The number of rotatable bonds is 7. The molecule has 3 nitrogen and oxygen atoms in total. The van der Waals surface area contributed by atoms with Crippen LogP contribution in [0.4, 0.5) is 17.1 Å². The van der Waals surface area contributed by atoms with Gasteiger partial charge in [0, 0.05) is 38.7 Å². The van der Waals surface area contributed by atoms with Gasteiger partial charge in [-0.05, 0) is 82.9 Å². The van der Waals surface area contributed by atoms with Crippen LogP contribution in [-0.2, 0) is 0 Å². The molecular weight excluding hydrogens is 693 g/mol. The minimum atomic E-state index is 0.862. The van der Waals surface area contributed by atoms with Crippen LogP contribution in [0.1, 0.15) is 0 Å². The number of anilines is 3. The molecular formula is C54H36N2O. The van der Waals surface area contributed by atoms with E-state index in [0.717, 1.165) is 66.9 Å². The largest absolute Gasteiger partial charge is 0.455 e. The van der Waals surface area contributed by atoms with Gasteiger partial charge in [0.1, 0.15) is 11.2 Å². The van der Waals surface area contributed by atoms with Crippen LogP contribution in [0.3, 0.4) is 0 Å². The van der Waals surface area contributed by atoms with Crippen LogP contribution < -0.4 is 4.90 Å². The molecule has 0 fully saturated rings. The Hall–Kier alpha value is -7.62. The average Bonchev–Trinajstić information content (AvgIpc) is 3.84. The Balaban J connectivity index is 1.07. The first-order chi connectivity index (χ1) is 28.3. The second-order valence-electron chi connectivity index (χ2n) is 14.5. The Morgan fingerprint density at radius 1 is 0.351 bits per heavy atom. The van der Waals surface area contributed by atoms with Crippen molar-refractivity contribution in [2.75, 3.05) is 4.90 Å². The van der Waals surface area contributed by atoms with Gasteiger partial charge in [-0.15, -0.1) is 0 Å². The summed E-state index contributed by atoms with van der Waals surface area (Å²) in [4.78, 5) is 2.39. The van der Waals surface area contributed by atoms with Crippen molar-refractivity contribution >= 4 is 60.8 Å². The molecule has 57 heavy (non-hydrogen) atoms. The van der Waals surface area contributed by atoms with Crippen molar-refractivity contribution in [3.63, 3.8) is 0 Å². The fourth-order valence-electron chi connectivity index (χ4n) is 8.59. The summed E-state index contributed by atoms with van der Waals surface area (Å²) >= 11 is 0. The summed E-state index contributed by atoms with van der Waals surface area (Å²) in [5, 5.41) is 4.67. The first kappa shape index (κ1) is 32.8. The van der Waals surface area contributed by atoms with Crippen LogP contribution in [0.2, 0.25) is 0 Å². The van der Waals surface area contributed by atoms with E-state index in [9.17, 15) is 0 Å². The highest BCUT2D eigenvalue weighted by Gasteiger charge is 2.24. The molecule has 3 heteroatoms. The summed E-state index contributed by atoms with van der Waals surface area (Å²) in [5.41, 5.74) is 15.3. The van der Waals surface area contributed by atoms with Gasteiger partial charge in [-0.25, -0.2) is 0 Å².